The molecule has 0 spiro atoms. The highest BCUT2D eigenvalue weighted by atomic mass is 16.5. The molecular formula is C23H29N3O2. The number of rotatable bonds is 5. The molecule has 1 aliphatic rings. The SMILES string of the molecule is COC[C@H]1CCc2c(C)c(-c3ccc(C(C)C)nc3OC)nc3c(C)cn1c23. The summed E-state index contributed by atoms with van der Waals surface area (Å²) < 4.78 is 13.5. The van der Waals surface area contributed by atoms with Crippen molar-refractivity contribution in [2.45, 2.75) is 52.5 Å². The maximum atomic E-state index is 5.66. The first kappa shape index (κ1) is 18.9. The Morgan fingerprint density at radius 3 is 2.64 bits per heavy atom. The van der Waals surface area contributed by atoms with Crippen molar-refractivity contribution in [3.63, 3.8) is 0 Å². The molecule has 4 heterocycles. The average Bonchev–Trinajstić information content (AvgIpc) is 3.02. The lowest BCUT2D eigenvalue weighted by Crippen LogP contribution is -2.20. The molecule has 3 aromatic heterocycles. The van der Waals surface area contributed by atoms with Crippen LogP contribution in [0.1, 0.15) is 54.6 Å². The quantitative estimate of drug-likeness (QED) is 0.627. The summed E-state index contributed by atoms with van der Waals surface area (Å²) in [5, 5.41) is 0. The minimum absolute atomic E-state index is 0.356. The Hall–Kier alpha value is -2.40. The lowest BCUT2D eigenvalue weighted by atomic mass is 9.93. The van der Waals surface area contributed by atoms with Crippen LogP contribution in [0.4, 0.5) is 0 Å². The number of aromatic nitrogens is 3. The van der Waals surface area contributed by atoms with Crippen LogP contribution in [-0.2, 0) is 11.2 Å². The minimum Gasteiger partial charge on any atom is -0.480 e. The average molecular weight is 380 g/mol. The van der Waals surface area contributed by atoms with E-state index in [1.807, 2.05) is 0 Å². The van der Waals surface area contributed by atoms with Crippen LogP contribution in [0.15, 0.2) is 18.3 Å². The number of hydrogen-bond acceptors (Lipinski definition) is 4. The Morgan fingerprint density at radius 2 is 1.96 bits per heavy atom. The third-order valence-electron chi connectivity index (χ3n) is 5.91. The molecule has 1 atom stereocenters. The summed E-state index contributed by atoms with van der Waals surface area (Å²) in [4.78, 5) is 9.84. The van der Waals surface area contributed by atoms with Crippen LogP contribution in [0.3, 0.4) is 0 Å². The first-order valence-corrected chi connectivity index (χ1v) is 10.0. The minimum atomic E-state index is 0.356. The van der Waals surface area contributed by atoms with E-state index >= 15 is 0 Å². The van der Waals surface area contributed by atoms with Gasteiger partial charge in [0, 0.05) is 19.0 Å². The number of nitrogens with zero attached hydrogens (tertiary/aromatic N) is 3. The molecule has 0 saturated heterocycles. The van der Waals surface area contributed by atoms with Gasteiger partial charge in [-0.25, -0.2) is 9.97 Å². The molecule has 4 rings (SSSR count). The van der Waals surface area contributed by atoms with Crippen LogP contribution in [0.25, 0.3) is 22.3 Å². The van der Waals surface area contributed by atoms with E-state index in [9.17, 15) is 0 Å². The van der Waals surface area contributed by atoms with Crippen molar-refractivity contribution in [1.82, 2.24) is 14.5 Å². The summed E-state index contributed by atoms with van der Waals surface area (Å²) in [5.74, 6) is 1.01. The van der Waals surface area contributed by atoms with Gasteiger partial charge in [-0.15, -0.1) is 0 Å². The monoisotopic (exact) mass is 379 g/mol. The van der Waals surface area contributed by atoms with Crippen LogP contribution in [0, 0.1) is 13.8 Å². The summed E-state index contributed by atoms with van der Waals surface area (Å²) in [6.07, 6.45) is 4.34. The van der Waals surface area contributed by atoms with Gasteiger partial charge in [-0.1, -0.05) is 13.8 Å². The Morgan fingerprint density at radius 1 is 1.18 bits per heavy atom. The van der Waals surface area contributed by atoms with Gasteiger partial charge in [0.15, 0.2) is 0 Å². The van der Waals surface area contributed by atoms with Gasteiger partial charge in [-0.2, -0.15) is 0 Å². The normalized spacial score (nSPS) is 16.2. The van der Waals surface area contributed by atoms with Crippen molar-refractivity contribution >= 4 is 11.0 Å². The fourth-order valence-electron chi connectivity index (χ4n) is 4.37. The standard InChI is InChI=1S/C23H29N3O2/c1-13(2)19-10-9-18(23(24-19)28-6)21-15(4)17-8-7-16(12-27-5)26-11-14(3)20(25-21)22(17)26/h9-11,13,16H,7-8,12H2,1-6H3/t16-/m1/s1. The smallest absolute Gasteiger partial charge is 0.222 e. The third-order valence-corrected chi connectivity index (χ3v) is 5.91. The van der Waals surface area contributed by atoms with Gasteiger partial charge in [0.1, 0.15) is 0 Å². The lowest BCUT2D eigenvalue weighted by Gasteiger charge is -2.27. The Kier molecular flexibility index (Phi) is 4.88. The van der Waals surface area contributed by atoms with E-state index in [0.29, 0.717) is 17.8 Å². The second-order valence-corrected chi connectivity index (χ2v) is 8.08. The first-order chi connectivity index (χ1) is 13.5. The van der Waals surface area contributed by atoms with Crippen LogP contribution >= 0.6 is 0 Å². The van der Waals surface area contributed by atoms with Crippen LogP contribution in [-0.4, -0.2) is 35.4 Å². The molecule has 0 N–H and O–H groups in total. The summed E-state index contributed by atoms with van der Waals surface area (Å²) in [5.41, 5.74) is 9.12. The van der Waals surface area contributed by atoms with E-state index in [4.69, 9.17) is 19.4 Å². The van der Waals surface area contributed by atoms with E-state index in [1.54, 1.807) is 14.2 Å². The zero-order valence-corrected chi connectivity index (χ0v) is 17.7. The van der Waals surface area contributed by atoms with Crippen molar-refractivity contribution < 1.29 is 9.47 Å². The maximum Gasteiger partial charge on any atom is 0.222 e. The largest absolute Gasteiger partial charge is 0.480 e. The van der Waals surface area contributed by atoms with Crippen LogP contribution < -0.4 is 4.74 Å². The number of pyridine rings is 2. The molecule has 3 aromatic rings. The first-order valence-electron chi connectivity index (χ1n) is 10.0. The van der Waals surface area contributed by atoms with Gasteiger partial charge in [0.05, 0.1) is 42.0 Å². The molecule has 0 amide bonds. The van der Waals surface area contributed by atoms with Crippen LogP contribution in [0.5, 0.6) is 5.88 Å². The molecule has 1 aliphatic heterocycles. The van der Waals surface area contributed by atoms with Crippen molar-refractivity contribution in [1.29, 1.82) is 0 Å². The summed E-state index contributed by atoms with van der Waals surface area (Å²) >= 11 is 0. The zero-order valence-electron chi connectivity index (χ0n) is 17.7. The summed E-state index contributed by atoms with van der Waals surface area (Å²) in [7, 11) is 3.46. The molecule has 0 unspecified atom stereocenters. The van der Waals surface area contributed by atoms with Gasteiger partial charge in [-0.3, -0.25) is 0 Å². The zero-order chi connectivity index (χ0) is 20.0. The second-order valence-electron chi connectivity index (χ2n) is 8.08. The van der Waals surface area contributed by atoms with Gasteiger partial charge in [0.2, 0.25) is 5.88 Å². The maximum absolute atomic E-state index is 5.66. The number of aryl methyl sites for hydroxylation is 2. The van der Waals surface area contributed by atoms with Crippen LogP contribution in [0.2, 0.25) is 0 Å². The van der Waals surface area contributed by atoms with Crippen molar-refractivity contribution in [2.75, 3.05) is 20.8 Å². The molecule has 0 aromatic carbocycles. The van der Waals surface area contributed by atoms with Gasteiger partial charge >= 0.3 is 0 Å². The molecule has 28 heavy (non-hydrogen) atoms. The molecule has 5 heteroatoms. The Balaban J connectivity index is 1.94. The predicted octanol–water partition coefficient (Wildman–Crippen LogP) is 4.98. The molecule has 148 valence electrons. The predicted molar refractivity (Wildman–Crippen MR) is 112 cm³/mol. The van der Waals surface area contributed by atoms with Crippen molar-refractivity contribution in [2.24, 2.45) is 0 Å². The fourth-order valence-corrected chi connectivity index (χ4v) is 4.37. The number of hydrogen-bond donors (Lipinski definition) is 0. The third kappa shape index (κ3) is 2.89. The van der Waals surface area contributed by atoms with E-state index in [-0.39, 0.29) is 0 Å². The topological polar surface area (TPSA) is 49.2 Å². The Bertz CT molecular complexity index is 1040. The molecule has 0 bridgehead atoms. The van der Waals surface area contributed by atoms with Gasteiger partial charge in [0.25, 0.3) is 0 Å². The van der Waals surface area contributed by atoms with E-state index in [1.165, 1.54) is 22.2 Å². The van der Waals surface area contributed by atoms with E-state index < -0.39 is 0 Å². The summed E-state index contributed by atoms with van der Waals surface area (Å²) in [6, 6.07) is 4.58. The molecule has 0 radical (unpaired) electrons. The Labute approximate surface area is 166 Å². The number of ether oxygens (including phenoxy) is 2. The van der Waals surface area contributed by atoms with Gasteiger partial charge < -0.3 is 14.0 Å². The second kappa shape index (κ2) is 7.21. The number of methoxy groups -OCH3 is 2. The highest BCUT2D eigenvalue weighted by molar-refractivity contribution is 5.89. The molecule has 0 aliphatic carbocycles. The molecule has 5 nitrogen and oxygen atoms in total. The lowest BCUT2D eigenvalue weighted by molar-refractivity contribution is 0.151. The molecular weight excluding hydrogens is 350 g/mol. The van der Waals surface area contributed by atoms with E-state index in [2.05, 4.69) is 50.6 Å². The van der Waals surface area contributed by atoms with E-state index in [0.717, 1.165) is 41.9 Å². The highest BCUT2D eigenvalue weighted by Crippen LogP contribution is 2.40. The highest BCUT2D eigenvalue weighted by Gasteiger charge is 2.27. The van der Waals surface area contributed by atoms with Crippen molar-refractivity contribution in [3.05, 3.63) is 40.7 Å². The molecule has 0 fully saturated rings. The molecule has 0 saturated carbocycles. The van der Waals surface area contributed by atoms with Crippen molar-refractivity contribution in [3.8, 4) is 17.1 Å². The van der Waals surface area contributed by atoms with Gasteiger partial charge in [-0.05, 0) is 61.4 Å². The summed E-state index contributed by atoms with van der Waals surface area (Å²) in [6.45, 7) is 9.34. The fraction of sp³-hybridized carbons (Fsp3) is 0.478.